The molecule has 0 radical (unpaired) electrons. The summed E-state index contributed by atoms with van der Waals surface area (Å²) in [6.07, 6.45) is 5.47. The molecule has 7 heteroatoms. The Bertz CT molecular complexity index is 1140. The summed E-state index contributed by atoms with van der Waals surface area (Å²) < 4.78 is 5.31. The summed E-state index contributed by atoms with van der Waals surface area (Å²) in [6.45, 7) is 0. The van der Waals surface area contributed by atoms with E-state index in [0.717, 1.165) is 27.2 Å². The summed E-state index contributed by atoms with van der Waals surface area (Å²) in [5, 5.41) is 8.17. The molecular formula is C20H14N4O2S. The fourth-order valence-corrected chi connectivity index (χ4v) is 3.97. The number of fused-ring (bicyclic) bond motifs is 1. The van der Waals surface area contributed by atoms with Crippen LogP contribution in [0.5, 0.6) is 0 Å². The summed E-state index contributed by atoms with van der Waals surface area (Å²) in [5.41, 5.74) is 3.49. The summed E-state index contributed by atoms with van der Waals surface area (Å²) >= 11 is 1.62. The van der Waals surface area contributed by atoms with E-state index < -0.39 is 0 Å². The van der Waals surface area contributed by atoms with Crippen molar-refractivity contribution in [1.29, 1.82) is 0 Å². The molecule has 4 heterocycles. The Morgan fingerprint density at radius 2 is 2.00 bits per heavy atom. The number of hydrogen-bond acceptors (Lipinski definition) is 6. The van der Waals surface area contributed by atoms with Crippen molar-refractivity contribution in [2.45, 2.75) is 12.5 Å². The van der Waals surface area contributed by atoms with Crippen LogP contribution in [0.4, 0.5) is 0 Å². The number of amides is 1. The molecule has 0 saturated heterocycles. The molecule has 5 rings (SSSR count). The molecule has 1 aromatic carbocycles. The highest BCUT2D eigenvalue weighted by Gasteiger charge is 2.35. The molecule has 0 bridgehead atoms. The van der Waals surface area contributed by atoms with Crippen molar-refractivity contribution in [3.8, 4) is 0 Å². The van der Waals surface area contributed by atoms with Gasteiger partial charge in [0.1, 0.15) is 0 Å². The predicted octanol–water partition coefficient (Wildman–Crippen LogP) is 4.28. The van der Waals surface area contributed by atoms with Gasteiger partial charge in [0, 0.05) is 18.8 Å². The van der Waals surface area contributed by atoms with Gasteiger partial charge in [-0.3, -0.25) is 14.8 Å². The Hall–Kier alpha value is -3.32. The van der Waals surface area contributed by atoms with Gasteiger partial charge >= 0.3 is 5.91 Å². The van der Waals surface area contributed by atoms with Crippen LogP contribution in [-0.2, 0) is 0 Å². The summed E-state index contributed by atoms with van der Waals surface area (Å²) in [4.78, 5) is 22.7. The maximum absolute atomic E-state index is 13.0. The summed E-state index contributed by atoms with van der Waals surface area (Å²) in [7, 11) is 0. The lowest BCUT2D eigenvalue weighted by molar-refractivity contribution is 0.0678. The second-order valence-corrected chi connectivity index (χ2v) is 7.12. The number of aromatic nitrogens is 2. The molecule has 1 aliphatic heterocycles. The van der Waals surface area contributed by atoms with Crippen LogP contribution in [-0.4, -0.2) is 26.6 Å². The molecule has 0 unspecified atom stereocenters. The van der Waals surface area contributed by atoms with Gasteiger partial charge in [-0.15, -0.1) is 11.3 Å². The molecule has 3 aromatic heterocycles. The number of carbonyl (C=O) groups excluding carboxylic acids is 1. The minimum atomic E-state index is -0.254. The van der Waals surface area contributed by atoms with E-state index in [4.69, 9.17) is 4.42 Å². The zero-order valence-corrected chi connectivity index (χ0v) is 15.0. The first-order valence-electron chi connectivity index (χ1n) is 8.49. The van der Waals surface area contributed by atoms with Crippen LogP contribution in [0.3, 0.4) is 0 Å². The first-order valence-corrected chi connectivity index (χ1v) is 9.36. The quantitative estimate of drug-likeness (QED) is 0.537. The number of hydrogen-bond donors (Lipinski definition) is 0. The van der Waals surface area contributed by atoms with Crippen molar-refractivity contribution in [3.63, 3.8) is 0 Å². The topological polar surface area (TPSA) is 71.6 Å². The number of benzene rings is 1. The number of carbonyl (C=O) groups is 1. The number of furan rings is 1. The Morgan fingerprint density at radius 1 is 1.11 bits per heavy atom. The highest BCUT2D eigenvalue weighted by Crippen LogP contribution is 2.35. The van der Waals surface area contributed by atoms with E-state index in [-0.39, 0.29) is 17.7 Å². The minimum Gasteiger partial charge on any atom is -0.459 e. The SMILES string of the molecule is O=C(c1ccco1)N1N=C(c2cccs2)C[C@H]1c1ccc2nccnc2c1. The van der Waals surface area contributed by atoms with Crippen molar-refractivity contribution in [2.75, 3.05) is 0 Å². The third-order valence-electron chi connectivity index (χ3n) is 4.53. The molecule has 0 saturated carbocycles. The van der Waals surface area contributed by atoms with Crippen molar-refractivity contribution in [2.24, 2.45) is 5.10 Å². The van der Waals surface area contributed by atoms with Gasteiger partial charge < -0.3 is 4.42 Å². The van der Waals surface area contributed by atoms with Crippen LogP contribution >= 0.6 is 11.3 Å². The lowest BCUT2D eigenvalue weighted by atomic mass is 10.0. The fraction of sp³-hybridized carbons (Fsp3) is 0.100. The van der Waals surface area contributed by atoms with Crippen LogP contribution in [0.1, 0.15) is 33.5 Å². The van der Waals surface area contributed by atoms with E-state index in [0.29, 0.717) is 6.42 Å². The highest BCUT2D eigenvalue weighted by atomic mass is 32.1. The minimum absolute atomic E-state index is 0.217. The molecule has 6 nitrogen and oxygen atoms in total. The molecule has 1 amide bonds. The van der Waals surface area contributed by atoms with Gasteiger partial charge in [0.05, 0.1) is 33.9 Å². The second-order valence-electron chi connectivity index (χ2n) is 6.18. The number of hydrazone groups is 1. The monoisotopic (exact) mass is 374 g/mol. The lowest BCUT2D eigenvalue weighted by Crippen LogP contribution is -2.26. The Balaban J connectivity index is 1.57. The van der Waals surface area contributed by atoms with Crippen molar-refractivity contribution in [3.05, 3.63) is 82.7 Å². The molecule has 0 aliphatic carbocycles. The average molecular weight is 374 g/mol. The third kappa shape index (κ3) is 2.82. The van der Waals surface area contributed by atoms with Gasteiger partial charge in [0.2, 0.25) is 0 Å². The fourth-order valence-electron chi connectivity index (χ4n) is 3.25. The van der Waals surface area contributed by atoms with E-state index in [1.54, 1.807) is 35.9 Å². The molecule has 132 valence electrons. The number of nitrogens with zero attached hydrogens (tertiary/aromatic N) is 4. The maximum atomic E-state index is 13.0. The van der Waals surface area contributed by atoms with Crippen molar-refractivity contribution < 1.29 is 9.21 Å². The largest absolute Gasteiger partial charge is 0.459 e. The number of rotatable bonds is 3. The average Bonchev–Trinajstić information content (AvgIpc) is 3.48. The third-order valence-corrected chi connectivity index (χ3v) is 5.45. The first-order chi connectivity index (χ1) is 13.3. The van der Waals surface area contributed by atoms with Crippen LogP contribution in [0, 0.1) is 0 Å². The molecule has 0 N–H and O–H groups in total. The van der Waals surface area contributed by atoms with Crippen molar-refractivity contribution >= 4 is 34.0 Å². The molecule has 0 spiro atoms. The smallest absolute Gasteiger partial charge is 0.310 e. The van der Waals surface area contributed by atoms with Gasteiger partial charge in [-0.05, 0) is 41.3 Å². The van der Waals surface area contributed by atoms with E-state index in [1.807, 2.05) is 35.7 Å². The Kier molecular flexibility index (Phi) is 3.79. The van der Waals surface area contributed by atoms with Crippen LogP contribution in [0.25, 0.3) is 11.0 Å². The van der Waals surface area contributed by atoms with Gasteiger partial charge in [-0.2, -0.15) is 5.10 Å². The lowest BCUT2D eigenvalue weighted by Gasteiger charge is -2.21. The van der Waals surface area contributed by atoms with Gasteiger partial charge in [-0.1, -0.05) is 12.1 Å². The standard InChI is InChI=1S/C20H14N4O2S/c25-20(18-3-1-9-26-18)24-17(12-16(23-24)19-4-2-10-27-19)13-5-6-14-15(11-13)22-8-7-21-14/h1-11,17H,12H2/t17-/m0/s1. The zero-order valence-electron chi connectivity index (χ0n) is 14.1. The van der Waals surface area contributed by atoms with E-state index in [1.165, 1.54) is 11.3 Å². The van der Waals surface area contributed by atoms with Gasteiger partial charge in [-0.25, -0.2) is 5.01 Å². The molecule has 4 aromatic rings. The maximum Gasteiger partial charge on any atom is 0.310 e. The van der Waals surface area contributed by atoms with Gasteiger partial charge in [0.15, 0.2) is 5.76 Å². The highest BCUT2D eigenvalue weighted by molar-refractivity contribution is 7.12. The molecule has 0 fully saturated rings. The molecule has 27 heavy (non-hydrogen) atoms. The van der Waals surface area contributed by atoms with Crippen molar-refractivity contribution in [1.82, 2.24) is 15.0 Å². The van der Waals surface area contributed by atoms with Crippen LogP contribution < -0.4 is 0 Å². The second kappa shape index (κ2) is 6.44. The van der Waals surface area contributed by atoms with E-state index >= 15 is 0 Å². The molecule has 1 atom stereocenters. The van der Waals surface area contributed by atoms with Crippen LogP contribution in [0.15, 0.2) is 76.0 Å². The molecule has 1 aliphatic rings. The summed E-state index contributed by atoms with van der Waals surface area (Å²) in [5.74, 6) is 0.0209. The number of thiophene rings is 1. The van der Waals surface area contributed by atoms with E-state index in [9.17, 15) is 4.79 Å². The van der Waals surface area contributed by atoms with Crippen LogP contribution in [0.2, 0.25) is 0 Å². The van der Waals surface area contributed by atoms with E-state index in [2.05, 4.69) is 15.1 Å². The summed E-state index contributed by atoms with van der Waals surface area (Å²) in [6, 6.07) is 13.0. The van der Waals surface area contributed by atoms with Gasteiger partial charge in [0.25, 0.3) is 0 Å². The normalized spacial score (nSPS) is 16.7. The first kappa shape index (κ1) is 15.9. The Morgan fingerprint density at radius 3 is 2.78 bits per heavy atom. The zero-order chi connectivity index (χ0) is 18.2. The predicted molar refractivity (Wildman–Crippen MR) is 103 cm³/mol. The Labute approximate surface area is 158 Å². The molecular weight excluding hydrogens is 360 g/mol.